The first-order chi connectivity index (χ1) is 12.5. The molecule has 9 heteroatoms. The van der Waals surface area contributed by atoms with Gasteiger partial charge in [0.15, 0.2) is 0 Å². The smallest absolute Gasteiger partial charge is 0.216 e. The lowest BCUT2D eigenvalue weighted by Gasteiger charge is -2.45. The van der Waals surface area contributed by atoms with Gasteiger partial charge in [0.25, 0.3) is 0 Å². The predicted octanol–water partition coefficient (Wildman–Crippen LogP) is 0.990. The lowest BCUT2D eigenvalue weighted by Crippen LogP contribution is -2.64. The molecule has 7 nitrogen and oxygen atoms in total. The highest BCUT2D eigenvalue weighted by Crippen LogP contribution is 2.33. The SMILES string of the molecule is C[C@@H]1/C=C\CCCCS[C@H]2O[C@@H]([C@H](O)[C@H](O)[C@H]2O)[C@@H]1NS(=O)(=O)C(C)(C)C. The maximum Gasteiger partial charge on any atom is 0.216 e. The van der Waals surface area contributed by atoms with E-state index >= 15 is 0 Å². The molecule has 158 valence electrons. The second kappa shape index (κ2) is 9.11. The Bertz CT molecular complexity index is 618. The van der Waals surface area contributed by atoms with Gasteiger partial charge in [0.2, 0.25) is 10.0 Å². The molecule has 2 bridgehead atoms. The van der Waals surface area contributed by atoms with Gasteiger partial charge in [0.05, 0.1) is 10.8 Å². The summed E-state index contributed by atoms with van der Waals surface area (Å²) in [6.45, 7) is 6.65. The maximum absolute atomic E-state index is 12.8. The number of allylic oxidation sites excluding steroid dienone is 1. The van der Waals surface area contributed by atoms with E-state index in [2.05, 4.69) is 4.72 Å². The zero-order valence-corrected chi connectivity index (χ0v) is 18.0. The van der Waals surface area contributed by atoms with E-state index in [4.69, 9.17) is 4.74 Å². The van der Waals surface area contributed by atoms with Crippen LogP contribution in [0.5, 0.6) is 0 Å². The van der Waals surface area contributed by atoms with E-state index < -0.39 is 50.7 Å². The Labute approximate surface area is 166 Å². The van der Waals surface area contributed by atoms with Crippen LogP contribution < -0.4 is 4.72 Å². The number of ether oxygens (including phenoxy) is 1. The van der Waals surface area contributed by atoms with Crippen LogP contribution in [-0.4, -0.2) is 70.1 Å². The van der Waals surface area contributed by atoms with E-state index in [1.807, 2.05) is 19.1 Å². The van der Waals surface area contributed by atoms with Crippen molar-refractivity contribution >= 4 is 21.8 Å². The first-order valence-corrected chi connectivity index (χ1v) is 12.0. The van der Waals surface area contributed by atoms with Crippen molar-refractivity contribution in [3.8, 4) is 0 Å². The number of rotatable bonds is 2. The highest BCUT2D eigenvalue weighted by Gasteiger charge is 2.49. The largest absolute Gasteiger partial charge is 0.388 e. The van der Waals surface area contributed by atoms with Crippen LogP contribution in [0.3, 0.4) is 0 Å². The second-order valence-corrected chi connectivity index (χ2v) is 12.0. The van der Waals surface area contributed by atoms with Crippen LogP contribution >= 0.6 is 11.8 Å². The van der Waals surface area contributed by atoms with E-state index in [0.29, 0.717) is 0 Å². The fourth-order valence-electron chi connectivity index (χ4n) is 3.13. The van der Waals surface area contributed by atoms with Crippen LogP contribution in [0.25, 0.3) is 0 Å². The Morgan fingerprint density at radius 1 is 1.11 bits per heavy atom. The number of thioether (sulfide) groups is 1. The molecule has 0 aliphatic carbocycles. The summed E-state index contributed by atoms with van der Waals surface area (Å²) < 4.78 is 33.1. The topological polar surface area (TPSA) is 116 Å². The third-order valence-corrected chi connectivity index (χ3v) is 8.55. The molecule has 2 aliphatic rings. The Morgan fingerprint density at radius 2 is 1.78 bits per heavy atom. The summed E-state index contributed by atoms with van der Waals surface area (Å²) in [5, 5.41) is 31.1. The van der Waals surface area contributed by atoms with Gasteiger partial charge in [-0.2, -0.15) is 0 Å². The van der Waals surface area contributed by atoms with Crippen LogP contribution in [-0.2, 0) is 14.8 Å². The second-order valence-electron chi connectivity index (χ2n) is 8.35. The minimum Gasteiger partial charge on any atom is -0.388 e. The molecule has 4 N–H and O–H groups in total. The normalized spacial score (nSPS) is 40.6. The quantitative estimate of drug-likeness (QED) is 0.490. The maximum atomic E-state index is 12.8. The van der Waals surface area contributed by atoms with E-state index in [1.54, 1.807) is 20.8 Å². The number of hydrogen-bond donors (Lipinski definition) is 4. The minimum absolute atomic E-state index is 0.269. The van der Waals surface area contributed by atoms with Gasteiger partial charge in [-0.25, -0.2) is 13.1 Å². The molecule has 0 aromatic carbocycles. The van der Waals surface area contributed by atoms with Gasteiger partial charge in [-0.1, -0.05) is 19.1 Å². The summed E-state index contributed by atoms with van der Waals surface area (Å²) in [5.41, 5.74) is -0.717. The van der Waals surface area contributed by atoms with Gasteiger partial charge in [0, 0.05) is 0 Å². The van der Waals surface area contributed by atoms with E-state index in [9.17, 15) is 23.7 Å². The van der Waals surface area contributed by atoms with E-state index in [1.165, 1.54) is 11.8 Å². The molecule has 1 saturated heterocycles. The summed E-state index contributed by atoms with van der Waals surface area (Å²) in [6, 6.07) is -0.773. The minimum atomic E-state index is -3.71. The van der Waals surface area contributed by atoms with Gasteiger partial charge < -0.3 is 20.1 Å². The van der Waals surface area contributed by atoms with Crippen molar-refractivity contribution in [3.63, 3.8) is 0 Å². The molecule has 0 radical (unpaired) electrons. The number of sulfonamides is 1. The average molecular weight is 424 g/mol. The average Bonchev–Trinajstić information content (AvgIpc) is 2.56. The molecular formula is C18H33NO6S2. The van der Waals surface area contributed by atoms with Crippen molar-refractivity contribution in [2.24, 2.45) is 5.92 Å². The summed E-state index contributed by atoms with van der Waals surface area (Å²) in [5.74, 6) is 0.480. The predicted molar refractivity (Wildman–Crippen MR) is 107 cm³/mol. The third-order valence-electron chi connectivity index (χ3n) is 5.11. The molecule has 1 fully saturated rings. The van der Waals surface area contributed by atoms with E-state index in [0.717, 1.165) is 25.0 Å². The Hall–Kier alpha value is -0.160. The molecule has 0 amide bonds. The van der Waals surface area contributed by atoms with Crippen LogP contribution in [0.4, 0.5) is 0 Å². The lowest BCUT2D eigenvalue weighted by atomic mass is 9.88. The van der Waals surface area contributed by atoms with Crippen molar-refractivity contribution in [1.82, 2.24) is 4.72 Å². The van der Waals surface area contributed by atoms with Gasteiger partial charge >= 0.3 is 0 Å². The number of aliphatic hydroxyl groups excluding tert-OH is 3. The van der Waals surface area contributed by atoms with Crippen molar-refractivity contribution < 1.29 is 28.5 Å². The van der Waals surface area contributed by atoms with Crippen molar-refractivity contribution in [3.05, 3.63) is 12.2 Å². The van der Waals surface area contributed by atoms with Crippen LogP contribution in [0.15, 0.2) is 12.2 Å². The van der Waals surface area contributed by atoms with Crippen molar-refractivity contribution in [2.45, 2.75) is 87.6 Å². The molecule has 27 heavy (non-hydrogen) atoms. The monoisotopic (exact) mass is 423 g/mol. The van der Waals surface area contributed by atoms with E-state index in [-0.39, 0.29) is 5.92 Å². The van der Waals surface area contributed by atoms with Gasteiger partial charge in [-0.05, 0) is 51.7 Å². The zero-order valence-electron chi connectivity index (χ0n) is 16.4. The fraction of sp³-hybridized carbons (Fsp3) is 0.889. The third kappa shape index (κ3) is 5.46. The molecule has 7 atom stereocenters. The zero-order chi connectivity index (χ0) is 20.4. The molecule has 2 heterocycles. The van der Waals surface area contributed by atoms with Gasteiger partial charge in [0.1, 0.15) is 29.9 Å². The lowest BCUT2D eigenvalue weighted by molar-refractivity contribution is -0.205. The molecule has 0 aromatic heterocycles. The Balaban J connectivity index is 2.40. The highest BCUT2D eigenvalue weighted by molar-refractivity contribution is 7.99. The molecule has 0 aromatic rings. The van der Waals surface area contributed by atoms with Gasteiger partial charge in [-0.3, -0.25) is 0 Å². The van der Waals surface area contributed by atoms with Crippen LogP contribution in [0.1, 0.15) is 47.0 Å². The molecule has 2 rings (SSSR count). The number of aliphatic hydroxyl groups is 3. The Morgan fingerprint density at radius 3 is 2.41 bits per heavy atom. The standard InChI is InChI=1S/C18H33NO6S2/c1-11-9-7-5-6-8-10-26-17-15(22)13(20)14(21)16(25-17)12(11)19-27(23,24)18(2,3)4/h7,9,11-17,19-22H,5-6,8,10H2,1-4H3/b9-7-/t11-,12-,13+,14-,15-,16-,17-/m1/s1. The Kier molecular flexibility index (Phi) is 7.80. The molecular weight excluding hydrogens is 390 g/mol. The first-order valence-electron chi connectivity index (χ1n) is 9.45. The first kappa shape index (κ1) is 23.1. The number of fused-ring (bicyclic) bond motifs is 2. The van der Waals surface area contributed by atoms with Crippen molar-refractivity contribution in [1.29, 1.82) is 0 Å². The summed E-state index contributed by atoms with van der Waals surface area (Å²) in [4.78, 5) is 0. The van der Waals surface area contributed by atoms with Crippen LogP contribution in [0, 0.1) is 5.92 Å². The van der Waals surface area contributed by atoms with Gasteiger partial charge in [-0.15, -0.1) is 11.8 Å². The summed E-state index contributed by atoms with van der Waals surface area (Å²) in [7, 11) is -3.71. The molecule has 0 spiro atoms. The number of nitrogens with one attached hydrogen (secondary N) is 1. The summed E-state index contributed by atoms with van der Waals surface area (Å²) in [6.07, 6.45) is 1.75. The highest BCUT2D eigenvalue weighted by atomic mass is 32.2. The van der Waals surface area contributed by atoms with Crippen molar-refractivity contribution in [2.75, 3.05) is 5.75 Å². The summed E-state index contributed by atoms with van der Waals surface area (Å²) >= 11 is 1.39. The molecule has 0 saturated carbocycles. The number of hydrogen-bond acceptors (Lipinski definition) is 7. The van der Waals surface area contributed by atoms with Crippen LogP contribution in [0.2, 0.25) is 0 Å². The fourth-order valence-corrected chi connectivity index (χ4v) is 5.36. The molecule has 2 aliphatic heterocycles. The molecule has 0 unspecified atom stereocenters.